The lowest BCUT2D eigenvalue weighted by molar-refractivity contribution is 0.329. The van der Waals surface area contributed by atoms with E-state index in [0.29, 0.717) is 5.56 Å². The van der Waals surface area contributed by atoms with Crippen LogP contribution in [0.4, 0.5) is 14.7 Å². The fourth-order valence-corrected chi connectivity index (χ4v) is 3.05. The molecular formula is C13H11F2N5O2S. The van der Waals surface area contributed by atoms with Gasteiger partial charge in [-0.3, -0.25) is 0 Å². The molecule has 1 aromatic heterocycles. The number of nitrogens with zero attached hydrogens (tertiary/aromatic N) is 4. The Morgan fingerprint density at radius 2 is 2.09 bits per heavy atom. The predicted octanol–water partition coefficient (Wildman–Crippen LogP) is 1.69. The van der Waals surface area contributed by atoms with E-state index >= 15 is 0 Å². The lowest BCUT2D eigenvalue weighted by atomic mass is 10.0. The zero-order chi connectivity index (χ0) is 16.6. The molecule has 1 aliphatic heterocycles. The van der Waals surface area contributed by atoms with Crippen LogP contribution in [0.2, 0.25) is 0 Å². The van der Waals surface area contributed by atoms with E-state index in [4.69, 9.17) is 5.26 Å². The zero-order valence-corrected chi connectivity index (χ0v) is 12.5. The van der Waals surface area contributed by atoms with E-state index in [1.807, 2.05) is 4.72 Å². The summed E-state index contributed by atoms with van der Waals surface area (Å²) in [5, 5.41) is 12.4. The second kappa shape index (κ2) is 5.58. The highest BCUT2D eigenvalue weighted by molar-refractivity contribution is 7.92. The number of halogens is 2. The van der Waals surface area contributed by atoms with Crippen molar-refractivity contribution in [1.82, 2.24) is 14.8 Å². The van der Waals surface area contributed by atoms with Crippen LogP contribution in [-0.2, 0) is 10.0 Å². The van der Waals surface area contributed by atoms with Crippen LogP contribution in [0.15, 0.2) is 24.3 Å². The van der Waals surface area contributed by atoms with Gasteiger partial charge in [0, 0.05) is 6.42 Å². The van der Waals surface area contributed by atoms with Crippen LogP contribution < -0.4 is 4.72 Å². The number of rotatable bonds is 4. The van der Waals surface area contributed by atoms with Crippen LogP contribution in [0.1, 0.15) is 30.0 Å². The third-order valence-electron chi connectivity index (χ3n) is 3.42. The molecule has 0 fully saturated rings. The Morgan fingerprint density at radius 1 is 1.39 bits per heavy atom. The maximum absolute atomic E-state index is 14.1. The lowest BCUT2D eigenvalue weighted by Gasteiger charge is -2.11. The fraction of sp³-hybridized carbons (Fsp3) is 0.308. The number of hydrogen-bond acceptors (Lipinski definition) is 5. The normalized spacial score (nSPS) is 20.0. The standard InChI is InChI=1S/C13H11F2N5O2S/c14-9-3-1-8(2-4-9)11-7-10(15)12-17-13(18-20(11)12)19-23(21,22)6-5-16/h1-4,10-11H,6-7H2,(H,18,19)/t10-,11-/m0/s1. The molecule has 0 bridgehead atoms. The highest BCUT2D eigenvalue weighted by atomic mass is 32.2. The minimum Gasteiger partial charge on any atom is -0.249 e. The Bertz CT molecular complexity index is 873. The van der Waals surface area contributed by atoms with Crippen LogP contribution >= 0.6 is 0 Å². The van der Waals surface area contributed by atoms with E-state index < -0.39 is 33.8 Å². The van der Waals surface area contributed by atoms with E-state index in [9.17, 15) is 17.2 Å². The monoisotopic (exact) mass is 339 g/mol. The third kappa shape index (κ3) is 3.00. The second-order valence-electron chi connectivity index (χ2n) is 5.03. The summed E-state index contributed by atoms with van der Waals surface area (Å²) in [4.78, 5) is 3.84. The molecule has 2 atom stereocenters. The van der Waals surface area contributed by atoms with Crippen molar-refractivity contribution < 1.29 is 17.2 Å². The van der Waals surface area contributed by atoms with Gasteiger partial charge in [-0.2, -0.15) is 10.2 Å². The van der Waals surface area contributed by atoms with Crippen LogP contribution in [0.5, 0.6) is 0 Å². The molecule has 120 valence electrons. The molecule has 7 nitrogen and oxygen atoms in total. The Balaban J connectivity index is 1.92. The molecular weight excluding hydrogens is 328 g/mol. The summed E-state index contributed by atoms with van der Waals surface area (Å²) in [6.45, 7) is 0. The molecule has 0 amide bonds. The van der Waals surface area contributed by atoms with Gasteiger partial charge in [0.05, 0.1) is 12.1 Å². The summed E-state index contributed by atoms with van der Waals surface area (Å²) < 4.78 is 53.5. The van der Waals surface area contributed by atoms with Gasteiger partial charge in [-0.1, -0.05) is 12.1 Å². The molecule has 2 aromatic rings. The molecule has 1 N–H and O–H groups in total. The van der Waals surface area contributed by atoms with Gasteiger partial charge >= 0.3 is 0 Å². The van der Waals surface area contributed by atoms with Gasteiger partial charge in [-0.25, -0.2) is 26.6 Å². The van der Waals surface area contributed by atoms with Crippen molar-refractivity contribution in [2.24, 2.45) is 0 Å². The molecule has 3 rings (SSSR count). The Hall–Kier alpha value is -2.54. The Labute approximate surface area is 130 Å². The summed E-state index contributed by atoms with van der Waals surface area (Å²) in [6.07, 6.45) is -1.32. The molecule has 0 spiro atoms. The lowest BCUT2D eigenvalue weighted by Crippen LogP contribution is -2.17. The van der Waals surface area contributed by atoms with Crippen molar-refractivity contribution in [3.63, 3.8) is 0 Å². The summed E-state index contributed by atoms with van der Waals surface area (Å²) in [5.41, 5.74) is 0.643. The first-order chi connectivity index (χ1) is 10.9. The maximum atomic E-state index is 14.1. The SMILES string of the molecule is N#CCS(=O)(=O)Nc1nc2n(n1)[C@H](c1ccc(F)cc1)C[C@@H]2F. The number of hydrogen-bond donors (Lipinski definition) is 1. The molecule has 0 radical (unpaired) electrons. The summed E-state index contributed by atoms with van der Waals surface area (Å²) >= 11 is 0. The molecule has 0 unspecified atom stereocenters. The number of fused-ring (bicyclic) bond motifs is 1. The summed E-state index contributed by atoms with van der Waals surface area (Å²) in [5.74, 6) is -1.46. The topological polar surface area (TPSA) is 101 Å². The van der Waals surface area contributed by atoms with Crippen LogP contribution in [-0.4, -0.2) is 28.9 Å². The van der Waals surface area contributed by atoms with Crippen molar-refractivity contribution >= 4 is 16.0 Å². The fourth-order valence-electron chi connectivity index (χ4n) is 2.45. The first-order valence-corrected chi connectivity index (χ1v) is 8.28. The van der Waals surface area contributed by atoms with E-state index in [1.165, 1.54) is 35.0 Å². The minimum absolute atomic E-state index is 0.00557. The minimum atomic E-state index is -3.90. The number of nitriles is 1. The van der Waals surface area contributed by atoms with Crippen molar-refractivity contribution in [3.8, 4) is 6.07 Å². The van der Waals surface area contributed by atoms with Gasteiger partial charge in [0.1, 0.15) is 5.82 Å². The van der Waals surface area contributed by atoms with Crippen LogP contribution in [0.3, 0.4) is 0 Å². The van der Waals surface area contributed by atoms with E-state index in [1.54, 1.807) is 0 Å². The van der Waals surface area contributed by atoms with E-state index in [2.05, 4.69) is 10.1 Å². The number of aromatic nitrogens is 3. The molecule has 0 aliphatic carbocycles. The van der Waals surface area contributed by atoms with Crippen LogP contribution in [0, 0.1) is 17.1 Å². The van der Waals surface area contributed by atoms with Gasteiger partial charge < -0.3 is 0 Å². The molecule has 1 aromatic carbocycles. The molecule has 1 aliphatic rings. The third-order valence-corrected chi connectivity index (χ3v) is 4.42. The molecule has 23 heavy (non-hydrogen) atoms. The molecule has 0 saturated heterocycles. The van der Waals surface area contributed by atoms with E-state index in [-0.39, 0.29) is 18.2 Å². The molecule has 10 heteroatoms. The average molecular weight is 339 g/mol. The highest BCUT2D eigenvalue weighted by Gasteiger charge is 2.35. The van der Waals surface area contributed by atoms with Crippen molar-refractivity contribution in [3.05, 3.63) is 41.5 Å². The van der Waals surface area contributed by atoms with Gasteiger partial charge in [-0.15, -0.1) is 5.10 Å². The largest absolute Gasteiger partial charge is 0.256 e. The van der Waals surface area contributed by atoms with E-state index in [0.717, 1.165) is 0 Å². The molecule has 2 heterocycles. The highest BCUT2D eigenvalue weighted by Crippen LogP contribution is 2.39. The number of benzene rings is 1. The van der Waals surface area contributed by atoms with Crippen molar-refractivity contribution in [2.75, 3.05) is 10.5 Å². The molecule has 0 saturated carbocycles. The van der Waals surface area contributed by atoms with Gasteiger partial charge in [-0.05, 0) is 17.7 Å². The number of nitrogens with one attached hydrogen (secondary N) is 1. The Kier molecular flexibility index (Phi) is 3.73. The summed E-state index contributed by atoms with van der Waals surface area (Å²) in [6, 6.07) is 6.56. The predicted molar refractivity (Wildman–Crippen MR) is 76.0 cm³/mol. The van der Waals surface area contributed by atoms with Crippen LogP contribution in [0.25, 0.3) is 0 Å². The first kappa shape index (κ1) is 15.4. The second-order valence-corrected chi connectivity index (χ2v) is 6.75. The number of anilines is 1. The van der Waals surface area contributed by atoms with Gasteiger partial charge in [0.15, 0.2) is 17.7 Å². The van der Waals surface area contributed by atoms with Gasteiger partial charge in [0.2, 0.25) is 10.0 Å². The average Bonchev–Trinajstić information content (AvgIpc) is 3.00. The maximum Gasteiger partial charge on any atom is 0.256 e. The number of alkyl halides is 1. The first-order valence-electron chi connectivity index (χ1n) is 6.63. The zero-order valence-electron chi connectivity index (χ0n) is 11.6. The van der Waals surface area contributed by atoms with Crippen molar-refractivity contribution in [1.29, 1.82) is 5.26 Å². The summed E-state index contributed by atoms with van der Waals surface area (Å²) in [7, 11) is -3.90. The van der Waals surface area contributed by atoms with Crippen molar-refractivity contribution in [2.45, 2.75) is 18.6 Å². The Morgan fingerprint density at radius 3 is 2.74 bits per heavy atom. The smallest absolute Gasteiger partial charge is 0.249 e. The quantitative estimate of drug-likeness (QED) is 0.913. The van der Waals surface area contributed by atoms with Gasteiger partial charge in [0.25, 0.3) is 5.95 Å². The number of sulfonamides is 1.